The molecule has 0 bridgehead atoms. The average molecular weight is 154 g/mol. The topological polar surface area (TPSA) is 41.1 Å². The summed E-state index contributed by atoms with van der Waals surface area (Å²) in [6, 6.07) is -2.48. The van der Waals surface area contributed by atoms with Gasteiger partial charge in [-0.1, -0.05) is 0 Å². The Labute approximate surface area is 54.6 Å². The Balaban J connectivity index is 2.53. The predicted molar refractivity (Wildman–Crippen MR) is 26.4 cm³/mol. The minimum atomic E-state index is -4.33. The van der Waals surface area contributed by atoms with E-state index in [9.17, 15) is 18.0 Å². The normalized spacial score (nSPS) is 25.9. The first-order valence-corrected chi connectivity index (χ1v) is 2.61. The molecule has 2 N–H and O–H groups in total. The van der Waals surface area contributed by atoms with E-state index in [-0.39, 0.29) is 6.54 Å². The van der Waals surface area contributed by atoms with Crippen molar-refractivity contribution in [3.8, 4) is 0 Å². The zero-order valence-electron chi connectivity index (χ0n) is 4.83. The second kappa shape index (κ2) is 2.03. The lowest BCUT2D eigenvalue weighted by Crippen LogP contribution is -2.40. The van der Waals surface area contributed by atoms with Crippen LogP contribution in [0.5, 0.6) is 0 Å². The molecule has 0 radical (unpaired) electrons. The summed E-state index contributed by atoms with van der Waals surface area (Å²) in [5, 5.41) is 3.72. The molecule has 1 heterocycles. The maximum Gasteiger partial charge on any atom is 0.410 e. The van der Waals surface area contributed by atoms with Gasteiger partial charge in [0.15, 0.2) is 0 Å². The van der Waals surface area contributed by atoms with E-state index < -0.39 is 18.2 Å². The number of urea groups is 1. The summed E-state index contributed by atoms with van der Waals surface area (Å²) < 4.78 is 35.0. The highest BCUT2D eigenvalue weighted by Crippen LogP contribution is 2.20. The molecule has 1 rings (SSSR count). The van der Waals surface area contributed by atoms with Crippen LogP contribution >= 0.6 is 0 Å². The summed E-state index contributed by atoms with van der Waals surface area (Å²) in [6.07, 6.45) is -4.33. The smallest absolute Gasteiger partial charge is 0.336 e. The molecule has 58 valence electrons. The molecule has 0 aromatic carbocycles. The first kappa shape index (κ1) is 7.17. The first-order valence-electron chi connectivity index (χ1n) is 2.61. The molecular formula is C4H5F3N2O. The van der Waals surface area contributed by atoms with Gasteiger partial charge in [0.05, 0.1) is 0 Å². The Kier molecular flexibility index (Phi) is 1.46. The Hall–Kier alpha value is -0.940. The van der Waals surface area contributed by atoms with E-state index in [2.05, 4.69) is 0 Å². The lowest BCUT2D eigenvalue weighted by molar-refractivity contribution is -0.148. The molecule has 0 spiro atoms. The van der Waals surface area contributed by atoms with E-state index >= 15 is 0 Å². The fourth-order valence-corrected chi connectivity index (χ4v) is 0.653. The number of carbonyl (C=O) groups is 1. The second-order valence-electron chi connectivity index (χ2n) is 1.95. The maximum absolute atomic E-state index is 11.7. The lowest BCUT2D eigenvalue weighted by Gasteiger charge is -2.11. The summed E-state index contributed by atoms with van der Waals surface area (Å²) in [6.45, 7) is -0.373. The van der Waals surface area contributed by atoms with Crippen LogP contribution in [-0.4, -0.2) is 24.8 Å². The van der Waals surface area contributed by atoms with Gasteiger partial charge in [-0.15, -0.1) is 0 Å². The van der Waals surface area contributed by atoms with Gasteiger partial charge in [0.1, 0.15) is 6.04 Å². The SMILES string of the molecule is O=C1NCC(C(F)(F)F)N1. The van der Waals surface area contributed by atoms with Crippen molar-refractivity contribution in [2.75, 3.05) is 6.54 Å². The van der Waals surface area contributed by atoms with E-state index in [0.29, 0.717) is 0 Å². The fourth-order valence-electron chi connectivity index (χ4n) is 0.653. The minimum Gasteiger partial charge on any atom is -0.336 e. The molecule has 0 aromatic rings. The van der Waals surface area contributed by atoms with E-state index in [1.165, 1.54) is 0 Å². The first-order chi connectivity index (χ1) is 4.50. The van der Waals surface area contributed by atoms with Crippen LogP contribution in [0.25, 0.3) is 0 Å². The van der Waals surface area contributed by atoms with E-state index in [0.717, 1.165) is 0 Å². The summed E-state index contributed by atoms with van der Waals surface area (Å²) in [5.41, 5.74) is 0. The zero-order valence-corrected chi connectivity index (χ0v) is 4.83. The van der Waals surface area contributed by atoms with Crippen LogP contribution in [-0.2, 0) is 0 Å². The van der Waals surface area contributed by atoms with Crippen LogP contribution in [0.2, 0.25) is 0 Å². The molecule has 0 aromatic heterocycles. The minimum absolute atomic E-state index is 0.373. The molecule has 1 aliphatic rings. The molecule has 0 aliphatic carbocycles. The summed E-state index contributed by atoms with van der Waals surface area (Å²) in [4.78, 5) is 10.2. The highest BCUT2D eigenvalue weighted by Gasteiger charge is 2.43. The highest BCUT2D eigenvalue weighted by molar-refractivity contribution is 5.76. The van der Waals surface area contributed by atoms with Crippen molar-refractivity contribution in [3.63, 3.8) is 0 Å². The van der Waals surface area contributed by atoms with Crippen molar-refractivity contribution in [3.05, 3.63) is 0 Å². The van der Waals surface area contributed by atoms with Crippen molar-refractivity contribution in [2.24, 2.45) is 0 Å². The van der Waals surface area contributed by atoms with Gasteiger partial charge >= 0.3 is 12.2 Å². The molecule has 0 saturated carbocycles. The number of amides is 2. The van der Waals surface area contributed by atoms with Gasteiger partial charge in [0, 0.05) is 6.54 Å². The number of nitrogens with one attached hydrogen (secondary N) is 2. The summed E-state index contributed by atoms with van der Waals surface area (Å²) in [5.74, 6) is 0. The Morgan fingerprint density at radius 2 is 2.10 bits per heavy atom. The molecule has 10 heavy (non-hydrogen) atoms. The summed E-state index contributed by atoms with van der Waals surface area (Å²) >= 11 is 0. The molecule has 2 amide bonds. The lowest BCUT2D eigenvalue weighted by atomic mass is 10.3. The molecule has 1 fully saturated rings. The number of halogens is 3. The number of rotatable bonds is 0. The zero-order chi connectivity index (χ0) is 7.78. The molecule has 1 unspecified atom stereocenters. The van der Waals surface area contributed by atoms with Gasteiger partial charge in [-0.2, -0.15) is 13.2 Å². The van der Waals surface area contributed by atoms with Crippen LogP contribution in [0, 0.1) is 0 Å². The number of carbonyl (C=O) groups excluding carboxylic acids is 1. The molecule has 1 aliphatic heterocycles. The Morgan fingerprint density at radius 3 is 2.30 bits per heavy atom. The maximum atomic E-state index is 11.7. The predicted octanol–water partition coefficient (Wildman–Crippen LogP) is 0.230. The second-order valence-corrected chi connectivity index (χ2v) is 1.95. The fraction of sp³-hybridized carbons (Fsp3) is 0.750. The molecular weight excluding hydrogens is 149 g/mol. The molecule has 1 atom stereocenters. The van der Waals surface area contributed by atoms with Crippen LogP contribution < -0.4 is 10.6 Å². The quantitative estimate of drug-likeness (QED) is 0.515. The van der Waals surface area contributed by atoms with Crippen molar-refractivity contribution in [1.82, 2.24) is 10.6 Å². The Bertz CT molecular complexity index is 155. The van der Waals surface area contributed by atoms with Crippen LogP contribution in [0.15, 0.2) is 0 Å². The van der Waals surface area contributed by atoms with Crippen LogP contribution in [0.4, 0.5) is 18.0 Å². The van der Waals surface area contributed by atoms with Gasteiger partial charge in [0.2, 0.25) is 0 Å². The molecule has 6 heteroatoms. The van der Waals surface area contributed by atoms with Crippen molar-refractivity contribution in [2.45, 2.75) is 12.2 Å². The van der Waals surface area contributed by atoms with Crippen molar-refractivity contribution >= 4 is 6.03 Å². The van der Waals surface area contributed by atoms with E-state index in [4.69, 9.17) is 0 Å². The van der Waals surface area contributed by atoms with Gasteiger partial charge < -0.3 is 10.6 Å². The third-order valence-corrected chi connectivity index (χ3v) is 1.17. The standard InChI is InChI=1S/C4H5F3N2O/c5-4(6,7)2-1-8-3(10)9-2/h2H,1H2,(H2,8,9,10). The van der Waals surface area contributed by atoms with Gasteiger partial charge in [0.25, 0.3) is 0 Å². The number of hydrogen-bond acceptors (Lipinski definition) is 1. The third kappa shape index (κ3) is 1.31. The number of alkyl halides is 3. The van der Waals surface area contributed by atoms with E-state index in [1.54, 1.807) is 5.32 Å². The largest absolute Gasteiger partial charge is 0.410 e. The van der Waals surface area contributed by atoms with Crippen molar-refractivity contribution in [1.29, 1.82) is 0 Å². The number of hydrogen-bond donors (Lipinski definition) is 2. The third-order valence-electron chi connectivity index (χ3n) is 1.17. The molecule has 3 nitrogen and oxygen atoms in total. The van der Waals surface area contributed by atoms with Gasteiger partial charge in [-0.3, -0.25) is 0 Å². The molecule has 1 saturated heterocycles. The van der Waals surface area contributed by atoms with Crippen molar-refractivity contribution < 1.29 is 18.0 Å². The van der Waals surface area contributed by atoms with E-state index in [1.807, 2.05) is 5.32 Å². The summed E-state index contributed by atoms with van der Waals surface area (Å²) in [7, 11) is 0. The van der Waals surface area contributed by atoms with Gasteiger partial charge in [-0.25, -0.2) is 4.79 Å². The average Bonchev–Trinajstić information content (AvgIpc) is 2.11. The van der Waals surface area contributed by atoms with Gasteiger partial charge in [-0.05, 0) is 0 Å². The Morgan fingerprint density at radius 1 is 1.50 bits per heavy atom. The monoisotopic (exact) mass is 154 g/mol. The highest BCUT2D eigenvalue weighted by atomic mass is 19.4. The van der Waals surface area contributed by atoms with Crippen LogP contribution in [0.1, 0.15) is 0 Å². The van der Waals surface area contributed by atoms with Crippen LogP contribution in [0.3, 0.4) is 0 Å².